The van der Waals surface area contributed by atoms with E-state index in [2.05, 4.69) is 33.5 Å². The summed E-state index contributed by atoms with van der Waals surface area (Å²) in [5.41, 5.74) is 9.32. The summed E-state index contributed by atoms with van der Waals surface area (Å²) in [6.45, 7) is 5.48. The standard InChI is InChI=1S/C15H26N6/c1-4-5-12-13-14(20(3)18-12)21(15(16)17-13)10-11-6-8-19(2)9-7-11/h11H,4-10H2,1-3H3,(H2,16,17). The van der Waals surface area contributed by atoms with E-state index >= 15 is 0 Å². The number of aryl methyl sites for hydroxylation is 2. The molecule has 0 atom stereocenters. The molecule has 21 heavy (non-hydrogen) atoms. The number of anilines is 1. The van der Waals surface area contributed by atoms with Crippen LogP contribution in [-0.4, -0.2) is 44.4 Å². The predicted octanol–water partition coefficient (Wildman–Crippen LogP) is 1.65. The Morgan fingerprint density at radius 3 is 2.62 bits per heavy atom. The molecular weight excluding hydrogens is 264 g/mol. The van der Waals surface area contributed by atoms with Gasteiger partial charge in [-0.1, -0.05) is 13.3 Å². The second kappa shape index (κ2) is 5.67. The summed E-state index contributed by atoms with van der Waals surface area (Å²) < 4.78 is 4.11. The normalized spacial score (nSPS) is 17.9. The van der Waals surface area contributed by atoms with Gasteiger partial charge in [-0.15, -0.1) is 0 Å². The molecule has 2 aromatic heterocycles. The van der Waals surface area contributed by atoms with Gasteiger partial charge >= 0.3 is 0 Å². The first-order valence-electron chi connectivity index (χ1n) is 7.96. The number of fused-ring (bicyclic) bond motifs is 1. The fraction of sp³-hybridized carbons (Fsp3) is 0.733. The van der Waals surface area contributed by atoms with Crippen molar-refractivity contribution in [3.8, 4) is 0 Å². The summed E-state index contributed by atoms with van der Waals surface area (Å²) in [6.07, 6.45) is 4.50. The predicted molar refractivity (Wildman–Crippen MR) is 85.1 cm³/mol. The van der Waals surface area contributed by atoms with Crippen LogP contribution in [0.4, 0.5) is 5.95 Å². The first kappa shape index (κ1) is 14.4. The molecule has 0 aromatic carbocycles. The maximum atomic E-state index is 6.18. The van der Waals surface area contributed by atoms with Crippen LogP contribution in [0.5, 0.6) is 0 Å². The number of imidazole rings is 1. The van der Waals surface area contributed by atoms with Crippen LogP contribution >= 0.6 is 0 Å². The molecule has 0 bridgehead atoms. The Kier molecular flexibility index (Phi) is 3.89. The zero-order valence-electron chi connectivity index (χ0n) is 13.3. The number of nitrogen functional groups attached to an aromatic ring is 1. The van der Waals surface area contributed by atoms with Crippen molar-refractivity contribution < 1.29 is 0 Å². The zero-order valence-corrected chi connectivity index (χ0v) is 13.3. The molecule has 2 aromatic rings. The maximum absolute atomic E-state index is 6.18. The van der Waals surface area contributed by atoms with Crippen molar-refractivity contribution in [2.24, 2.45) is 13.0 Å². The molecule has 3 heterocycles. The smallest absolute Gasteiger partial charge is 0.202 e. The minimum Gasteiger partial charge on any atom is -0.369 e. The highest BCUT2D eigenvalue weighted by atomic mass is 15.3. The SMILES string of the molecule is CCCc1nn(C)c2c1nc(N)n2CC1CCN(C)CC1. The van der Waals surface area contributed by atoms with E-state index in [9.17, 15) is 0 Å². The van der Waals surface area contributed by atoms with Gasteiger partial charge in [0.25, 0.3) is 0 Å². The summed E-state index contributed by atoms with van der Waals surface area (Å²) in [4.78, 5) is 6.98. The molecule has 0 amide bonds. The number of hydrogen-bond donors (Lipinski definition) is 1. The maximum Gasteiger partial charge on any atom is 0.202 e. The van der Waals surface area contributed by atoms with Crippen molar-refractivity contribution in [1.82, 2.24) is 24.2 Å². The van der Waals surface area contributed by atoms with Crippen molar-refractivity contribution in [1.29, 1.82) is 0 Å². The Balaban J connectivity index is 1.89. The Morgan fingerprint density at radius 1 is 1.24 bits per heavy atom. The average Bonchev–Trinajstić information content (AvgIpc) is 2.92. The van der Waals surface area contributed by atoms with Crippen LogP contribution in [0.3, 0.4) is 0 Å². The third-order valence-corrected chi connectivity index (χ3v) is 4.59. The van der Waals surface area contributed by atoms with Crippen LogP contribution in [0.15, 0.2) is 0 Å². The van der Waals surface area contributed by atoms with Crippen molar-refractivity contribution in [2.75, 3.05) is 25.9 Å². The van der Waals surface area contributed by atoms with Crippen molar-refractivity contribution in [3.63, 3.8) is 0 Å². The summed E-state index contributed by atoms with van der Waals surface area (Å²) in [5, 5.41) is 4.62. The molecule has 0 aliphatic carbocycles. The van der Waals surface area contributed by atoms with Crippen molar-refractivity contribution in [3.05, 3.63) is 5.69 Å². The monoisotopic (exact) mass is 290 g/mol. The fourth-order valence-electron chi connectivity index (χ4n) is 3.35. The zero-order chi connectivity index (χ0) is 15.0. The quantitative estimate of drug-likeness (QED) is 0.930. The summed E-state index contributed by atoms with van der Waals surface area (Å²) in [5.74, 6) is 1.32. The number of nitrogens with two attached hydrogens (primary N) is 1. The summed E-state index contributed by atoms with van der Waals surface area (Å²) in [7, 11) is 4.19. The van der Waals surface area contributed by atoms with Gasteiger partial charge in [-0.2, -0.15) is 5.10 Å². The van der Waals surface area contributed by atoms with Gasteiger partial charge in [0.1, 0.15) is 5.52 Å². The van der Waals surface area contributed by atoms with Crippen LogP contribution in [0.1, 0.15) is 31.9 Å². The van der Waals surface area contributed by atoms with E-state index in [1.807, 2.05) is 11.7 Å². The Morgan fingerprint density at radius 2 is 1.95 bits per heavy atom. The molecule has 6 nitrogen and oxygen atoms in total. The molecule has 0 radical (unpaired) electrons. The van der Waals surface area contributed by atoms with Crippen LogP contribution in [0.2, 0.25) is 0 Å². The number of likely N-dealkylation sites (tertiary alicyclic amines) is 1. The second-order valence-electron chi connectivity index (χ2n) is 6.32. The van der Waals surface area contributed by atoms with Gasteiger partial charge < -0.3 is 10.6 Å². The van der Waals surface area contributed by atoms with Gasteiger partial charge in [0.2, 0.25) is 5.95 Å². The molecule has 1 aliphatic rings. The highest BCUT2D eigenvalue weighted by Gasteiger charge is 2.22. The molecule has 1 saturated heterocycles. The van der Waals surface area contributed by atoms with Crippen LogP contribution in [-0.2, 0) is 20.0 Å². The lowest BCUT2D eigenvalue weighted by atomic mass is 9.97. The fourth-order valence-corrected chi connectivity index (χ4v) is 3.35. The van der Waals surface area contributed by atoms with E-state index in [0.717, 1.165) is 36.2 Å². The molecule has 0 spiro atoms. The summed E-state index contributed by atoms with van der Waals surface area (Å²) >= 11 is 0. The van der Waals surface area contributed by atoms with E-state index in [0.29, 0.717) is 11.9 Å². The minimum atomic E-state index is 0.634. The number of piperidine rings is 1. The van der Waals surface area contributed by atoms with E-state index in [1.165, 1.54) is 25.9 Å². The molecule has 3 rings (SSSR count). The molecule has 116 valence electrons. The molecular formula is C15H26N6. The molecule has 0 saturated carbocycles. The molecule has 1 fully saturated rings. The van der Waals surface area contributed by atoms with Gasteiger partial charge in [-0.3, -0.25) is 9.25 Å². The van der Waals surface area contributed by atoms with Crippen LogP contribution < -0.4 is 5.73 Å². The van der Waals surface area contributed by atoms with Crippen LogP contribution in [0.25, 0.3) is 11.2 Å². The first-order valence-corrected chi connectivity index (χ1v) is 7.96. The van der Waals surface area contributed by atoms with E-state index in [-0.39, 0.29) is 0 Å². The van der Waals surface area contributed by atoms with E-state index in [4.69, 9.17) is 5.73 Å². The molecule has 2 N–H and O–H groups in total. The van der Waals surface area contributed by atoms with Gasteiger partial charge in [0.15, 0.2) is 5.65 Å². The molecule has 6 heteroatoms. The largest absolute Gasteiger partial charge is 0.369 e. The third kappa shape index (κ3) is 2.64. The highest BCUT2D eigenvalue weighted by Crippen LogP contribution is 2.26. The van der Waals surface area contributed by atoms with Crippen molar-refractivity contribution in [2.45, 2.75) is 39.2 Å². The van der Waals surface area contributed by atoms with Crippen LogP contribution in [0, 0.1) is 5.92 Å². The second-order valence-corrected chi connectivity index (χ2v) is 6.32. The van der Waals surface area contributed by atoms with Gasteiger partial charge in [0.05, 0.1) is 5.69 Å². The third-order valence-electron chi connectivity index (χ3n) is 4.59. The van der Waals surface area contributed by atoms with Gasteiger partial charge in [-0.25, -0.2) is 4.98 Å². The van der Waals surface area contributed by atoms with Gasteiger partial charge in [0, 0.05) is 13.6 Å². The van der Waals surface area contributed by atoms with Gasteiger partial charge in [-0.05, 0) is 45.3 Å². The lowest BCUT2D eigenvalue weighted by molar-refractivity contribution is 0.206. The molecule has 1 aliphatic heterocycles. The number of nitrogens with zero attached hydrogens (tertiary/aromatic N) is 5. The Hall–Kier alpha value is -1.56. The number of hydrogen-bond acceptors (Lipinski definition) is 4. The van der Waals surface area contributed by atoms with E-state index in [1.54, 1.807) is 0 Å². The van der Waals surface area contributed by atoms with Crippen molar-refractivity contribution >= 4 is 17.1 Å². The van der Waals surface area contributed by atoms with E-state index < -0.39 is 0 Å². The topological polar surface area (TPSA) is 64.9 Å². The molecule has 0 unspecified atom stereocenters. The number of rotatable bonds is 4. The first-order chi connectivity index (χ1) is 10.1. The lowest BCUT2D eigenvalue weighted by Crippen LogP contribution is -2.32. The Bertz CT molecular complexity index is 618. The lowest BCUT2D eigenvalue weighted by Gasteiger charge is -2.29. The minimum absolute atomic E-state index is 0.634. The average molecular weight is 290 g/mol. The Labute approximate surface area is 125 Å². The summed E-state index contributed by atoms with van der Waals surface area (Å²) in [6, 6.07) is 0. The number of aromatic nitrogens is 4. The highest BCUT2D eigenvalue weighted by molar-refractivity contribution is 5.77.